The topological polar surface area (TPSA) is 30.3 Å². The number of rotatable bonds is 4. The molecule has 0 unspecified atom stereocenters. The van der Waals surface area contributed by atoms with Crippen LogP contribution in [-0.4, -0.2) is 34.4 Å². The Bertz CT molecular complexity index is 861. The van der Waals surface area contributed by atoms with Crippen LogP contribution < -0.4 is 0 Å². The SMILES string of the molecule is Cn1cc(CN2CCO[C@H](c3ccc(Cl)cc3)C2)c(-c2ccccc2)n1. The summed E-state index contributed by atoms with van der Waals surface area (Å²) in [4.78, 5) is 2.44. The van der Waals surface area contributed by atoms with E-state index in [-0.39, 0.29) is 6.10 Å². The molecule has 26 heavy (non-hydrogen) atoms. The molecule has 1 aromatic heterocycles. The van der Waals surface area contributed by atoms with E-state index in [9.17, 15) is 0 Å². The quantitative estimate of drug-likeness (QED) is 0.688. The average Bonchev–Trinajstić information content (AvgIpc) is 3.03. The fraction of sp³-hybridized carbons (Fsp3) is 0.286. The fourth-order valence-electron chi connectivity index (χ4n) is 3.46. The van der Waals surface area contributed by atoms with E-state index in [1.54, 1.807) is 0 Å². The Balaban J connectivity index is 1.52. The third-order valence-corrected chi connectivity index (χ3v) is 4.99. The number of aromatic nitrogens is 2. The lowest BCUT2D eigenvalue weighted by atomic mass is 10.1. The lowest BCUT2D eigenvalue weighted by Gasteiger charge is -2.33. The molecule has 0 spiro atoms. The molecule has 0 saturated carbocycles. The molecular weight excluding hydrogens is 346 g/mol. The van der Waals surface area contributed by atoms with E-state index < -0.39 is 0 Å². The lowest BCUT2D eigenvalue weighted by molar-refractivity contribution is -0.0328. The van der Waals surface area contributed by atoms with Gasteiger partial charge in [-0.3, -0.25) is 9.58 Å². The number of nitrogens with zero attached hydrogens (tertiary/aromatic N) is 3. The van der Waals surface area contributed by atoms with Gasteiger partial charge in [-0.05, 0) is 17.7 Å². The summed E-state index contributed by atoms with van der Waals surface area (Å²) in [5.41, 5.74) is 4.64. The number of morpholine rings is 1. The van der Waals surface area contributed by atoms with Crippen molar-refractivity contribution in [3.63, 3.8) is 0 Å². The van der Waals surface area contributed by atoms with Crippen molar-refractivity contribution in [2.75, 3.05) is 19.7 Å². The zero-order valence-corrected chi connectivity index (χ0v) is 15.6. The smallest absolute Gasteiger partial charge is 0.0968 e. The van der Waals surface area contributed by atoms with Crippen molar-refractivity contribution in [2.24, 2.45) is 7.05 Å². The van der Waals surface area contributed by atoms with Gasteiger partial charge in [-0.15, -0.1) is 0 Å². The highest BCUT2D eigenvalue weighted by atomic mass is 35.5. The Morgan fingerprint density at radius 3 is 2.65 bits per heavy atom. The molecule has 3 aromatic rings. The summed E-state index contributed by atoms with van der Waals surface area (Å²) >= 11 is 6.00. The third-order valence-electron chi connectivity index (χ3n) is 4.74. The summed E-state index contributed by atoms with van der Waals surface area (Å²) in [5.74, 6) is 0. The zero-order valence-electron chi connectivity index (χ0n) is 14.8. The average molecular weight is 368 g/mol. The maximum absolute atomic E-state index is 6.00. The van der Waals surface area contributed by atoms with Gasteiger partial charge in [0.05, 0.1) is 18.4 Å². The van der Waals surface area contributed by atoms with Crippen LogP contribution >= 0.6 is 11.6 Å². The molecule has 0 aliphatic carbocycles. The van der Waals surface area contributed by atoms with Crippen LogP contribution in [0.25, 0.3) is 11.3 Å². The lowest BCUT2D eigenvalue weighted by Crippen LogP contribution is -2.37. The number of hydrogen-bond acceptors (Lipinski definition) is 3. The first-order chi connectivity index (χ1) is 12.7. The highest BCUT2D eigenvalue weighted by Crippen LogP contribution is 2.27. The molecule has 5 heteroatoms. The predicted molar refractivity (Wildman–Crippen MR) is 104 cm³/mol. The first kappa shape index (κ1) is 17.3. The molecule has 1 fully saturated rings. The summed E-state index contributed by atoms with van der Waals surface area (Å²) in [5, 5.41) is 5.43. The van der Waals surface area contributed by atoms with E-state index in [1.807, 2.05) is 29.9 Å². The number of halogens is 1. The Hall–Kier alpha value is -2.14. The molecule has 1 aliphatic rings. The molecule has 1 atom stereocenters. The van der Waals surface area contributed by atoms with Crippen LogP contribution in [-0.2, 0) is 18.3 Å². The van der Waals surface area contributed by atoms with Gasteiger partial charge in [-0.25, -0.2) is 0 Å². The molecule has 134 valence electrons. The Labute approximate surface area is 159 Å². The Morgan fingerprint density at radius 1 is 1.12 bits per heavy atom. The summed E-state index contributed by atoms with van der Waals surface area (Å²) in [6.07, 6.45) is 2.20. The summed E-state index contributed by atoms with van der Waals surface area (Å²) < 4.78 is 7.88. The van der Waals surface area contributed by atoms with E-state index in [2.05, 4.69) is 52.6 Å². The fourth-order valence-corrected chi connectivity index (χ4v) is 3.58. The molecule has 0 N–H and O–H groups in total. The van der Waals surface area contributed by atoms with Crippen LogP contribution in [0.4, 0.5) is 0 Å². The third kappa shape index (κ3) is 3.83. The van der Waals surface area contributed by atoms with Crippen LogP contribution in [0.5, 0.6) is 0 Å². The molecule has 1 aliphatic heterocycles. The maximum atomic E-state index is 6.00. The van der Waals surface area contributed by atoms with E-state index >= 15 is 0 Å². The predicted octanol–water partition coefficient (Wildman–Crippen LogP) is 4.31. The second-order valence-corrected chi connectivity index (χ2v) is 7.13. The van der Waals surface area contributed by atoms with Gasteiger partial charge >= 0.3 is 0 Å². The highest BCUT2D eigenvalue weighted by molar-refractivity contribution is 6.30. The molecule has 2 heterocycles. The molecular formula is C21H22ClN3O. The molecule has 4 rings (SSSR count). The molecule has 0 amide bonds. The number of hydrogen-bond donors (Lipinski definition) is 0. The Kier molecular flexibility index (Phi) is 5.07. The van der Waals surface area contributed by atoms with Crippen molar-refractivity contribution in [2.45, 2.75) is 12.6 Å². The van der Waals surface area contributed by atoms with Gasteiger partial charge in [0, 0.05) is 49.0 Å². The summed E-state index contributed by atoms with van der Waals surface area (Å²) in [6, 6.07) is 18.3. The minimum Gasteiger partial charge on any atom is -0.371 e. The minimum absolute atomic E-state index is 0.0814. The van der Waals surface area contributed by atoms with Crippen molar-refractivity contribution in [3.8, 4) is 11.3 Å². The van der Waals surface area contributed by atoms with Gasteiger partial charge in [0.25, 0.3) is 0 Å². The monoisotopic (exact) mass is 367 g/mol. The van der Waals surface area contributed by atoms with Gasteiger partial charge in [0.15, 0.2) is 0 Å². The van der Waals surface area contributed by atoms with Gasteiger partial charge in [0.1, 0.15) is 0 Å². The van der Waals surface area contributed by atoms with Crippen molar-refractivity contribution >= 4 is 11.6 Å². The normalized spacial score (nSPS) is 18.2. The van der Waals surface area contributed by atoms with Crippen LogP contribution in [0, 0.1) is 0 Å². The molecule has 1 saturated heterocycles. The van der Waals surface area contributed by atoms with E-state index in [4.69, 9.17) is 16.3 Å². The second-order valence-electron chi connectivity index (χ2n) is 6.69. The van der Waals surface area contributed by atoms with Crippen molar-refractivity contribution < 1.29 is 4.74 Å². The zero-order chi connectivity index (χ0) is 17.9. The van der Waals surface area contributed by atoms with Crippen molar-refractivity contribution in [1.82, 2.24) is 14.7 Å². The Morgan fingerprint density at radius 2 is 1.88 bits per heavy atom. The number of ether oxygens (including phenoxy) is 1. The maximum Gasteiger partial charge on any atom is 0.0968 e. The van der Waals surface area contributed by atoms with Gasteiger partial charge in [-0.2, -0.15) is 5.10 Å². The van der Waals surface area contributed by atoms with E-state index in [1.165, 1.54) is 11.1 Å². The standard InChI is InChI=1S/C21H22ClN3O/c1-24-13-18(21(23-24)17-5-3-2-4-6-17)14-25-11-12-26-20(15-25)16-7-9-19(22)10-8-16/h2-10,13,20H,11-12,14-15H2,1H3/t20-/m0/s1. The van der Waals surface area contributed by atoms with Crippen molar-refractivity contribution in [3.05, 3.63) is 76.9 Å². The first-order valence-electron chi connectivity index (χ1n) is 8.86. The first-order valence-corrected chi connectivity index (χ1v) is 9.24. The highest BCUT2D eigenvalue weighted by Gasteiger charge is 2.23. The molecule has 0 bridgehead atoms. The summed E-state index contributed by atoms with van der Waals surface area (Å²) in [6.45, 7) is 3.39. The van der Waals surface area contributed by atoms with Crippen LogP contribution in [0.1, 0.15) is 17.2 Å². The van der Waals surface area contributed by atoms with Gasteiger partial charge in [0.2, 0.25) is 0 Å². The van der Waals surface area contributed by atoms with E-state index in [0.717, 1.165) is 42.5 Å². The van der Waals surface area contributed by atoms with Crippen LogP contribution in [0.15, 0.2) is 60.8 Å². The molecule has 0 radical (unpaired) electrons. The minimum atomic E-state index is 0.0814. The van der Waals surface area contributed by atoms with Gasteiger partial charge < -0.3 is 4.74 Å². The number of benzene rings is 2. The summed E-state index contributed by atoms with van der Waals surface area (Å²) in [7, 11) is 1.98. The largest absolute Gasteiger partial charge is 0.371 e. The van der Waals surface area contributed by atoms with Crippen LogP contribution in [0.2, 0.25) is 5.02 Å². The van der Waals surface area contributed by atoms with E-state index in [0.29, 0.717) is 0 Å². The molecule has 4 nitrogen and oxygen atoms in total. The number of aryl methyl sites for hydroxylation is 1. The second kappa shape index (κ2) is 7.62. The van der Waals surface area contributed by atoms with Crippen molar-refractivity contribution in [1.29, 1.82) is 0 Å². The van der Waals surface area contributed by atoms with Gasteiger partial charge in [-0.1, -0.05) is 54.1 Å². The van der Waals surface area contributed by atoms with Crippen LogP contribution in [0.3, 0.4) is 0 Å². The molecule has 2 aromatic carbocycles.